The summed E-state index contributed by atoms with van der Waals surface area (Å²) in [7, 11) is 6.73. The second-order valence-corrected chi connectivity index (χ2v) is 18.4. The van der Waals surface area contributed by atoms with Crippen molar-refractivity contribution in [1.29, 1.82) is 0 Å². The fourth-order valence-corrected chi connectivity index (χ4v) is 9.99. The number of likely N-dealkylation sites (tertiary alicyclic amines) is 2. The van der Waals surface area contributed by atoms with Crippen LogP contribution in [0.5, 0.6) is 23.0 Å². The number of carbonyl (C=O) groups excluding carboxylic acids is 2. The molecular formula is C52H62Cl2F2N6O6. The predicted molar refractivity (Wildman–Crippen MR) is 266 cm³/mol. The molecule has 2 aliphatic carbocycles. The fourth-order valence-electron chi connectivity index (χ4n) is 9.99. The van der Waals surface area contributed by atoms with E-state index in [0.717, 1.165) is 96.1 Å². The smallest absolute Gasteiger partial charge is 0.259 e. The topological polar surface area (TPSA) is 93.9 Å². The minimum Gasteiger partial charge on any atom is -0.493 e. The number of ether oxygens (including phenoxy) is 4. The number of amides is 2. The van der Waals surface area contributed by atoms with Gasteiger partial charge in [0.25, 0.3) is 11.8 Å². The molecule has 2 saturated heterocycles. The highest BCUT2D eigenvalue weighted by atomic mass is 35.5. The first-order valence-electron chi connectivity index (χ1n) is 23.1. The molecule has 0 spiro atoms. The van der Waals surface area contributed by atoms with E-state index in [1.165, 1.54) is 48.6 Å². The number of anilines is 2. The molecule has 2 fully saturated rings. The number of hydrogen-bond acceptors (Lipinski definition) is 8. The number of pyridine rings is 2. The molecule has 0 atom stereocenters. The van der Waals surface area contributed by atoms with Gasteiger partial charge in [-0.25, -0.2) is 4.39 Å². The highest BCUT2D eigenvalue weighted by Crippen LogP contribution is 2.43. The largest absolute Gasteiger partial charge is 0.493 e. The maximum Gasteiger partial charge on any atom is 0.259 e. The Morgan fingerprint density at radius 2 is 1.06 bits per heavy atom. The van der Waals surface area contributed by atoms with Crippen LogP contribution in [0.15, 0.2) is 72.9 Å². The van der Waals surface area contributed by atoms with E-state index in [4.69, 9.17) is 18.9 Å². The molecule has 2 amide bonds. The van der Waals surface area contributed by atoms with Crippen LogP contribution in [-0.4, -0.2) is 97.5 Å². The predicted octanol–water partition coefficient (Wildman–Crippen LogP) is 9.94. The summed E-state index contributed by atoms with van der Waals surface area (Å²) in [6, 6.07) is 19.4. The zero-order valence-electron chi connectivity index (χ0n) is 39.7. The van der Waals surface area contributed by atoms with Gasteiger partial charge in [-0.2, -0.15) is 4.39 Å². The van der Waals surface area contributed by atoms with E-state index < -0.39 is 0 Å². The van der Waals surface area contributed by atoms with Crippen LogP contribution < -0.4 is 28.7 Å². The van der Waals surface area contributed by atoms with Gasteiger partial charge in [0.1, 0.15) is 19.0 Å². The molecule has 2 aromatic carbocycles. The molecule has 6 aliphatic heterocycles. The summed E-state index contributed by atoms with van der Waals surface area (Å²) in [5.41, 5.74) is 7.83. The van der Waals surface area contributed by atoms with Crippen molar-refractivity contribution in [2.75, 3.05) is 76.5 Å². The second kappa shape index (κ2) is 21.4. The van der Waals surface area contributed by atoms with Crippen molar-refractivity contribution < 1.29 is 37.3 Å². The van der Waals surface area contributed by atoms with Gasteiger partial charge in [0.15, 0.2) is 28.9 Å². The van der Waals surface area contributed by atoms with Crippen LogP contribution in [0.25, 0.3) is 22.5 Å². The van der Waals surface area contributed by atoms with Gasteiger partial charge in [-0.05, 0) is 124 Å². The van der Waals surface area contributed by atoms with Crippen LogP contribution >= 0.6 is 24.8 Å². The molecule has 364 valence electrons. The number of fused-ring (bicyclic) bond motifs is 6. The lowest BCUT2D eigenvalue weighted by Gasteiger charge is -2.30. The van der Waals surface area contributed by atoms with Crippen LogP contribution in [0.4, 0.5) is 20.2 Å². The molecular weight excluding hydrogens is 914 g/mol. The van der Waals surface area contributed by atoms with Crippen molar-refractivity contribution in [2.24, 2.45) is 25.9 Å². The molecule has 0 N–H and O–H groups in total. The number of aromatic nitrogens is 2. The van der Waals surface area contributed by atoms with Crippen LogP contribution in [-0.2, 0) is 27.2 Å². The number of benzene rings is 2. The number of rotatable bonds is 12. The van der Waals surface area contributed by atoms with E-state index in [2.05, 4.69) is 23.6 Å². The molecule has 68 heavy (non-hydrogen) atoms. The normalized spacial score (nSPS) is 16.6. The number of aryl methyl sites for hydroxylation is 1. The van der Waals surface area contributed by atoms with Crippen molar-refractivity contribution in [3.05, 3.63) is 107 Å². The molecule has 6 heterocycles. The number of piperidine rings is 2. The average Bonchev–Trinajstić information content (AvgIpc) is 4.05. The monoisotopic (exact) mass is 974 g/mol. The number of hydrogen-bond donors (Lipinski definition) is 0. The summed E-state index contributed by atoms with van der Waals surface area (Å²) < 4.78 is 54.4. The third-order valence-electron chi connectivity index (χ3n) is 14.0. The summed E-state index contributed by atoms with van der Waals surface area (Å²) in [5.74, 6) is 3.35. The summed E-state index contributed by atoms with van der Waals surface area (Å²) in [6.07, 6.45) is 6.37. The SMILES string of the molecule is COc1ccc(N2Cc3c(cc4cc(F)cn(C)c3-4)C2=O)cc1OCCN1CCC(C)CC1.COc1ccc(N2Cc3c(cc4ccc(F)n(C)c3-4)C2=O)cc1OCCN1CCC(C)CC1.Cl.Cl. The third-order valence-corrected chi connectivity index (χ3v) is 14.0. The average molecular weight is 976 g/mol. The van der Waals surface area contributed by atoms with Gasteiger partial charge in [0.2, 0.25) is 0 Å². The fraction of sp³-hybridized carbons (Fsp3) is 0.423. The number of carbonyl (C=O) groups is 2. The van der Waals surface area contributed by atoms with Gasteiger partial charge in [0.05, 0.1) is 38.7 Å². The molecule has 0 unspecified atom stereocenters. The molecule has 16 heteroatoms. The maximum atomic E-state index is 14.2. The van der Waals surface area contributed by atoms with Gasteiger partial charge in [-0.1, -0.05) is 13.8 Å². The molecule has 8 aliphatic rings. The van der Waals surface area contributed by atoms with E-state index in [1.54, 1.807) is 54.8 Å². The lowest BCUT2D eigenvalue weighted by Crippen LogP contribution is -2.35. The Morgan fingerprint density at radius 3 is 1.54 bits per heavy atom. The lowest BCUT2D eigenvalue weighted by molar-refractivity contribution is 0.0989. The van der Waals surface area contributed by atoms with Crippen molar-refractivity contribution >= 4 is 48.0 Å². The van der Waals surface area contributed by atoms with Gasteiger partial charge in [-0.3, -0.25) is 19.4 Å². The molecule has 0 saturated carbocycles. The Balaban J connectivity index is 0.000000196. The van der Waals surface area contributed by atoms with Crippen molar-refractivity contribution in [3.63, 3.8) is 0 Å². The Morgan fingerprint density at radius 1 is 0.588 bits per heavy atom. The summed E-state index contributed by atoms with van der Waals surface area (Å²) in [5, 5.41) is 0. The maximum absolute atomic E-state index is 14.2. The standard InChI is InChI=1S/2C26H30FN3O3.2ClH/c1-17-8-10-29(11-9-17)12-13-33-23-15-19(5-6-22(23)32-3)30-16-21-20(26(30)31)14-18-4-7-24(27)28(2)25(18)21;1-17-6-8-29(9-7-17)10-11-33-24-14-20(4-5-23(24)32-3)30-16-22-21(26(30)31)13-18-12-19(27)15-28(2)25(18)22;;/h4-7,14-15,17H,8-13,16H2,1-3H3;4-5,12-15,17H,6-11,16H2,1-3H3;2*1H. The molecule has 10 rings (SSSR count). The first-order chi connectivity index (χ1) is 31.9. The van der Waals surface area contributed by atoms with E-state index in [0.29, 0.717) is 60.4 Å². The second-order valence-electron chi connectivity index (χ2n) is 18.4. The molecule has 2 aromatic rings. The molecule has 0 bridgehead atoms. The van der Waals surface area contributed by atoms with E-state index in [-0.39, 0.29) is 48.4 Å². The zero-order chi connectivity index (χ0) is 46.2. The number of halogens is 4. The quantitative estimate of drug-likeness (QED) is 0.112. The first-order valence-corrected chi connectivity index (χ1v) is 23.1. The molecule has 12 nitrogen and oxygen atoms in total. The number of nitrogens with zero attached hydrogens (tertiary/aromatic N) is 6. The van der Waals surface area contributed by atoms with E-state index >= 15 is 0 Å². The minimum atomic E-state index is -0.329. The highest BCUT2D eigenvalue weighted by Gasteiger charge is 2.36. The van der Waals surface area contributed by atoms with Gasteiger partial charge < -0.3 is 37.9 Å². The van der Waals surface area contributed by atoms with Crippen molar-refractivity contribution in [1.82, 2.24) is 18.9 Å². The Bertz CT molecular complexity index is 2670. The summed E-state index contributed by atoms with van der Waals surface area (Å²) >= 11 is 0. The number of methoxy groups -OCH3 is 2. The van der Waals surface area contributed by atoms with Gasteiger partial charge in [-0.15, -0.1) is 24.8 Å². The minimum absolute atomic E-state index is 0. The van der Waals surface area contributed by atoms with Crippen LogP contribution in [0, 0.1) is 23.6 Å². The van der Waals surface area contributed by atoms with E-state index in [9.17, 15) is 18.4 Å². The molecule has 0 aromatic heterocycles. The Labute approximate surface area is 410 Å². The summed E-state index contributed by atoms with van der Waals surface area (Å²) in [4.78, 5) is 34.8. The third kappa shape index (κ3) is 10.1. The zero-order valence-corrected chi connectivity index (χ0v) is 41.3. The van der Waals surface area contributed by atoms with Gasteiger partial charge in [0, 0.05) is 84.7 Å². The Hall–Kier alpha value is -5.54. The van der Waals surface area contributed by atoms with Crippen LogP contribution in [0.2, 0.25) is 0 Å². The van der Waals surface area contributed by atoms with Crippen LogP contribution in [0.3, 0.4) is 0 Å². The van der Waals surface area contributed by atoms with Crippen LogP contribution in [0.1, 0.15) is 71.4 Å². The molecule has 0 radical (unpaired) electrons. The van der Waals surface area contributed by atoms with Crippen molar-refractivity contribution in [3.8, 4) is 45.5 Å². The Kier molecular flexibility index (Phi) is 15.8. The van der Waals surface area contributed by atoms with Gasteiger partial charge >= 0.3 is 0 Å². The first kappa shape index (κ1) is 50.3. The summed E-state index contributed by atoms with van der Waals surface area (Å²) in [6.45, 7) is 12.8. The van der Waals surface area contributed by atoms with Crippen molar-refractivity contribution in [2.45, 2.75) is 52.6 Å². The lowest BCUT2D eigenvalue weighted by atomic mass is 9.99. The van der Waals surface area contributed by atoms with E-state index in [1.807, 2.05) is 42.5 Å². The highest BCUT2D eigenvalue weighted by molar-refractivity contribution is 6.14.